The van der Waals surface area contributed by atoms with Crippen LogP contribution in [-0.4, -0.2) is 53.9 Å². The van der Waals surface area contributed by atoms with Crippen molar-refractivity contribution >= 4 is 23.0 Å². The van der Waals surface area contributed by atoms with Crippen LogP contribution >= 0.6 is 12.2 Å². The summed E-state index contributed by atoms with van der Waals surface area (Å²) >= 11 is 5.42. The molecule has 5 atom stereocenters. The molecule has 3 saturated heterocycles. The maximum atomic E-state index is 14.1. The van der Waals surface area contributed by atoms with Gasteiger partial charge in [-0.15, -0.1) is 0 Å². The lowest BCUT2D eigenvalue weighted by atomic mass is 9.94. The fourth-order valence-electron chi connectivity index (χ4n) is 5.01. The summed E-state index contributed by atoms with van der Waals surface area (Å²) in [6.07, 6.45) is 3.26. The Bertz CT molecular complexity index is 882. The van der Waals surface area contributed by atoms with E-state index in [2.05, 4.69) is 10.6 Å². The van der Waals surface area contributed by atoms with Gasteiger partial charge in [-0.3, -0.25) is 0 Å². The zero-order valence-electron chi connectivity index (χ0n) is 18.1. The lowest BCUT2D eigenvalue weighted by Gasteiger charge is -2.34. The molecule has 1 saturated carbocycles. The van der Waals surface area contributed by atoms with E-state index in [1.807, 2.05) is 13.8 Å². The number of rotatable bonds is 3. The highest BCUT2D eigenvalue weighted by atomic mass is 32.1. The van der Waals surface area contributed by atoms with E-state index >= 15 is 0 Å². The maximum absolute atomic E-state index is 14.1. The van der Waals surface area contributed by atoms with Crippen molar-refractivity contribution in [3.8, 4) is 0 Å². The molecular formula is C22H28F2N2O5S. The van der Waals surface area contributed by atoms with Crippen molar-refractivity contribution in [3.63, 3.8) is 0 Å². The summed E-state index contributed by atoms with van der Waals surface area (Å²) < 4.78 is 58.0. The molecule has 3 aliphatic heterocycles. The fourth-order valence-corrected chi connectivity index (χ4v) is 5.25. The van der Waals surface area contributed by atoms with E-state index in [9.17, 15) is 8.78 Å². The first-order valence-electron chi connectivity index (χ1n) is 11.1. The van der Waals surface area contributed by atoms with Crippen molar-refractivity contribution in [1.29, 1.82) is 0 Å². The molecule has 176 valence electrons. The van der Waals surface area contributed by atoms with Crippen LogP contribution in [0.25, 0.3) is 0 Å². The average Bonchev–Trinajstić information content (AvgIpc) is 3.36. The molecule has 10 heteroatoms. The predicted octanol–water partition coefficient (Wildman–Crippen LogP) is 3.57. The highest BCUT2D eigenvalue weighted by Crippen LogP contribution is 2.43. The molecule has 0 aromatic heterocycles. The van der Waals surface area contributed by atoms with Crippen LogP contribution in [-0.2, 0) is 23.7 Å². The first-order chi connectivity index (χ1) is 15.2. The van der Waals surface area contributed by atoms with Gasteiger partial charge in [-0.1, -0.05) is 6.42 Å². The summed E-state index contributed by atoms with van der Waals surface area (Å²) in [5.41, 5.74) is 0.0708. The second-order valence-electron chi connectivity index (χ2n) is 9.26. The molecule has 0 amide bonds. The molecule has 3 heterocycles. The highest BCUT2D eigenvalue weighted by molar-refractivity contribution is 7.80. The minimum absolute atomic E-state index is 0.0708. The van der Waals surface area contributed by atoms with Gasteiger partial charge in [0.25, 0.3) is 0 Å². The van der Waals surface area contributed by atoms with Gasteiger partial charge >= 0.3 is 0 Å². The van der Waals surface area contributed by atoms with Gasteiger partial charge in [0.05, 0.1) is 18.3 Å². The molecule has 32 heavy (non-hydrogen) atoms. The Morgan fingerprint density at radius 3 is 2.59 bits per heavy atom. The molecule has 7 nitrogen and oxygen atoms in total. The molecule has 0 bridgehead atoms. The summed E-state index contributed by atoms with van der Waals surface area (Å²) in [4.78, 5) is 0. The van der Waals surface area contributed by atoms with Crippen LogP contribution in [0, 0.1) is 11.6 Å². The summed E-state index contributed by atoms with van der Waals surface area (Å²) in [7, 11) is 0. The van der Waals surface area contributed by atoms with Gasteiger partial charge in [-0.05, 0) is 51.0 Å². The standard InChI is InChI=1S/C22H28F2N2O5S/c1-21(2)30-18-16(26-20(32)25-14-7-6-12(23)10-13(14)24)17(28-19(18)31-21)15-11-27-22(29-15)8-4-3-5-9-22/h6-7,10,15-19H,3-5,8-9,11H2,1-2H3,(H2,25,26,32)/t15-,16+,17-,18-,19-/m1/s1. The van der Waals surface area contributed by atoms with Crippen molar-refractivity contribution < 1.29 is 32.5 Å². The van der Waals surface area contributed by atoms with Crippen LogP contribution in [0.1, 0.15) is 46.0 Å². The van der Waals surface area contributed by atoms with Crippen molar-refractivity contribution in [2.45, 2.75) is 88.2 Å². The number of ether oxygens (including phenoxy) is 5. The Kier molecular flexibility index (Phi) is 5.88. The van der Waals surface area contributed by atoms with E-state index in [1.165, 1.54) is 12.5 Å². The molecule has 1 aromatic rings. The summed E-state index contributed by atoms with van der Waals surface area (Å²) in [5.74, 6) is -2.76. The molecule has 0 unspecified atom stereocenters. The Morgan fingerprint density at radius 1 is 1.06 bits per heavy atom. The van der Waals surface area contributed by atoms with E-state index in [4.69, 9.17) is 35.9 Å². The molecule has 1 spiro atoms. The van der Waals surface area contributed by atoms with Gasteiger partial charge in [-0.25, -0.2) is 8.78 Å². The second kappa shape index (κ2) is 8.41. The van der Waals surface area contributed by atoms with Crippen LogP contribution in [0.5, 0.6) is 0 Å². The number of fused-ring (bicyclic) bond motifs is 1. The Labute approximate surface area is 191 Å². The number of hydrogen-bond donors (Lipinski definition) is 2. The number of nitrogens with one attached hydrogen (secondary N) is 2. The lowest BCUT2D eigenvalue weighted by molar-refractivity contribution is -0.231. The van der Waals surface area contributed by atoms with E-state index in [0.29, 0.717) is 6.61 Å². The Morgan fingerprint density at radius 2 is 1.84 bits per heavy atom. The minimum Gasteiger partial charge on any atom is -0.354 e. The zero-order chi connectivity index (χ0) is 22.5. The molecule has 4 fully saturated rings. The van der Waals surface area contributed by atoms with Crippen LogP contribution in [0.15, 0.2) is 18.2 Å². The summed E-state index contributed by atoms with van der Waals surface area (Å²) in [6, 6.07) is 2.84. The molecule has 1 aliphatic carbocycles. The number of thiocarbonyl (C=S) groups is 1. The number of benzene rings is 1. The third kappa shape index (κ3) is 4.36. The van der Waals surface area contributed by atoms with Crippen LogP contribution < -0.4 is 10.6 Å². The van der Waals surface area contributed by atoms with Crippen LogP contribution in [0.3, 0.4) is 0 Å². The van der Waals surface area contributed by atoms with Crippen molar-refractivity contribution in [2.75, 3.05) is 11.9 Å². The SMILES string of the molecule is CC1(C)O[C@H]2O[C@H]([C@H]3COC4(CCCCC4)O3)[C@H](NC(=S)Nc3ccc(F)cc3F)[C@H]2O1. The summed E-state index contributed by atoms with van der Waals surface area (Å²) in [6.45, 7) is 4.04. The van der Waals surface area contributed by atoms with Gasteiger partial charge in [-0.2, -0.15) is 0 Å². The topological polar surface area (TPSA) is 70.2 Å². The maximum Gasteiger partial charge on any atom is 0.189 e. The minimum atomic E-state index is -0.810. The summed E-state index contributed by atoms with van der Waals surface area (Å²) in [5, 5.41) is 6.14. The van der Waals surface area contributed by atoms with E-state index < -0.39 is 47.7 Å². The van der Waals surface area contributed by atoms with E-state index in [-0.39, 0.29) is 16.9 Å². The van der Waals surface area contributed by atoms with Crippen LogP contribution in [0.2, 0.25) is 0 Å². The number of anilines is 1. The molecule has 2 N–H and O–H groups in total. The fraction of sp³-hybridized carbons (Fsp3) is 0.682. The first-order valence-corrected chi connectivity index (χ1v) is 11.5. The average molecular weight is 471 g/mol. The third-order valence-electron chi connectivity index (χ3n) is 6.42. The third-order valence-corrected chi connectivity index (χ3v) is 6.64. The Balaban J connectivity index is 1.31. The largest absolute Gasteiger partial charge is 0.354 e. The number of halogens is 2. The van der Waals surface area contributed by atoms with Gasteiger partial charge in [0.15, 0.2) is 23.0 Å². The quantitative estimate of drug-likeness (QED) is 0.650. The van der Waals surface area contributed by atoms with E-state index in [1.54, 1.807) is 0 Å². The van der Waals surface area contributed by atoms with Crippen molar-refractivity contribution in [1.82, 2.24) is 5.32 Å². The van der Waals surface area contributed by atoms with Gasteiger partial charge in [0, 0.05) is 18.9 Å². The van der Waals surface area contributed by atoms with Gasteiger partial charge in [0.1, 0.15) is 29.9 Å². The van der Waals surface area contributed by atoms with Gasteiger partial charge < -0.3 is 34.3 Å². The lowest BCUT2D eigenvalue weighted by Crippen LogP contribution is -2.53. The van der Waals surface area contributed by atoms with Crippen molar-refractivity contribution in [3.05, 3.63) is 29.8 Å². The predicted molar refractivity (Wildman–Crippen MR) is 115 cm³/mol. The number of hydrogen-bond acceptors (Lipinski definition) is 6. The molecule has 4 aliphatic rings. The molecule has 1 aromatic carbocycles. The Hall–Kier alpha value is -1.43. The zero-order valence-corrected chi connectivity index (χ0v) is 18.9. The normalized spacial score (nSPS) is 35.1. The molecule has 0 radical (unpaired) electrons. The molecular weight excluding hydrogens is 442 g/mol. The monoisotopic (exact) mass is 470 g/mol. The highest BCUT2D eigenvalue weighted by Gasteiger charge is 2.59. The van der Waals surface area contributed by atoms with E-state index in [0.717, 1.165) is 37.8 Å². The second-order valence-corrected chi connectivity index (χ2v) is 9.66. The van der Waals surface area contributed by atoms with Gasteiger partial charge in [0.2, 0.25) is 0 Å². The first kappa shape index (κ1) is 22.4. The smallest absolute Gasteiger partial charge is 0.189 e. The molecule has 5 rings (SSSR count). The van der Waals surface area contributed by atoms with Crippen LogP contribution in [0.4, 0.5) is 14.5 Å². The van der Waals surface area contributed by atoms with Crippen molar-refractivity contribution in [2.24, 2.45) is 0 Å².